The van der Waals surface area contributed by atoms with Gasteiger partial charge >= 0.3 is 6.01 Å². The van der Waals surface area contributed by atoms with Crippen LogP contribution in [-0.2, 0) is 4.79 Å². The van der Waals surface area contributed by atoms with Crippen LogP contribution < -0.4 is 14.8 Å². The molecule has 27 heavy (non-hydrogen) atoms. The first kappa shape index (κ1) is 19.2. The summed E-state index contributed by atoms with van der Waals surface area (Å²) in [5.74, 6) is 0.704. The van der Waals surface area contributed by atoms with E-state index in [1.807, 2.05) is 24.3 Å². The lowest BCUT2D eigenvalue weighted by atomic mass is 9.93. The zero-order valence-corrected chi connectivity index (χ0v) is 15.9. The minimum Gasteiger partial charge on any atom is -0.497 e. The van der Waals surface area contributed by atoms with Crippen LogP contribution in [0, 0.1) is 0 Å². The summed E-state index contributed by atoms with van der Waals surface area (Å²) in [5.41, 5.74) is 0.950. The number of halogens is 1. The van der Waals surface area contributed by atoms with Crippen molar-refractivity contribution in [2.75, 3.05) is 7.11 Å². The van der Waals surface area contributed by atoms with E-state index in [0.29, 0.717) is 11.0 Å². The Kier molecular flexibility index (Phi) is 6.65. The number of aromatic nitrogens is 2. The van der Waals surface area contributed by atoms with Gasteiger partial charge in [-0.3, -0.25) is 4.79 Å². The van der Waals surface area contributed by atoms with E-state index in [0.717, 1.165) is 37.0 Å². The quantitative estimate of drug-likeness (QED) is 0.766. The molecule has 1 aromatic heterocycles. The van der Waals surface area contributed by atoms with Crippen LogP contribution in [0.25, 0.3) is 6.08 Å². The number of hydrogen-bond donors (Lipinski definition) is 1. The minimum atomic E-state index is -0.0868. The molecule has 1 fully saturated rings. The van der Waals surface area contributed by atoms with Gasteiger partial charge in [-0.1, -0.05) is 23.7 Å². The standard InChI is InChI=1S/C20H22ClN3O3/c1-26-17-7-2-14(3-8-17)4-11-19(25)24-16-5-9-18(10-6-16)27-20-22-12-15(21)13-23-20/h2-4,7-8,11-13,16,18H,5-6,9-10H2,1H3,(H,24,25)/b11-4+. The average molecular weight is 388 g/mol. The number of benzene rings is 1. The Balaban J connectivity index is 1.42. The van der Waals surface area contributed by atoms with Crippen LogP contribution in [0.4, 0.5) is 0 Å². The van der Waals surface area contributed by atoms with Crippen molar-refractivity contribution in [3.8, 4) is 11.8 Å². The average Bonchev–Trinajstić information content (AvgIpc) is 2.70. The summed E-state index contributed by atoms with van der Waals surface area (Å²) in [4.78, 5) is 20.2. The Morgan fingerprint density at radius 2 is 1.81 bits per heavy atom. The number of rotatable bonds is 6. The third-order valence-corrected chi connectivity index (χ3v) is 4.63. The highest BCUT2D eigenvalue weighted by atomic mass is 35.5. The number of nitrogens with one attached hydrogen (secondary N) is 1. The van der Waals surface area contributed by atoms with Crippen LogP contribution in [0.2, 0.25) is 5.02 Å². The summed E-state index contributed by atoms with van der Waals surface area (Å²) in [6, 6.07) is 8.04. The fourth-order valence-corrected chi connectivity index (χ4v) is 3.07. The molecule has 2 aromatic rings. The lowest BCUT2D eigenvalue weighted by molar-refractivity contribution is -0.117. The van der Waals surface area contributed by atoms with E-state index >= 15 is 0 Å². The summed E-state index contributed by atoms with van der Waals surface area (Å²) in [7, 11) is 1.63. The first-order valence-electron chi connectivity index (χ1n) is 8.89. The van der Waals surface area contributed by atoms with Gasteiger partial charge in [-0.2, -0.15) is 0 Å². The predicted octanol–water partition coefficient (Wildman–Crippen LogP) is 3.66. The number of carbonyl (C=O) groups is 1. The van der Waals surface area contributed by atoms with Gasteiger partial charge in [0.2, 0.25) is 5.91 Å². The second kappa shape index (κ2) is 9.37. The van der Waals surface area contributed by atoms with Crippen LogP contribution in [0.1, 0.15) is 31.2 Å². The topological polar surface area (TPSA) is 73.3 Å². The molecule has 0 unspecified atom stereocenters. The second-order valence-corrected chi connectivity index (χ2v) is 6.83. The first-order chi connectivity index (χ1) is 13.1. The second-order valence-electron chi connectivity index (χ2n) is 6.39. The number of methoxy groups -OCH3 is 1. The van der Waals surface area contributed by atoms with E-state index in [9.17, 15) is 4.79 Å². The highest BCUT2D eigenvalue weighted by Crippen LogP contribution is 2.22. The summed E-state index contributed by atoms with van der Waals surface area (Å²) in [6.07, 6.45) is 9.87. The number of amides is 1. The smallest absolute Gasteiger partial charge is 0.316 e. The van der Waals surface area contributed by atoms with Gasteiger partial charge in [-0.25, -0.2) is 9.97 Å². The van der Waals surface area contributed by atoms with Gasteiger partial charge in [-0.05, 0) is 49.5 Å². The van der Waals surface area contributed by atoms with Gasteiger partial charge in [0.1, 0.15) is 11.9 Å². The van der Waals surface area contributed by atoms with Gasteiger partial charge in [-0.15, -0.1) is 0 Å². The SMILES string of the molecule is COc1ccc(/C=C/C(=O)NC2CCC(Oc3ncc(Cl)cn3)CC2)cc1. The fourth-order valence-electron chi connectivity index (χ4n) is 2.97. The molecule has 1 aliphatic rings. The third-order valence-electron chi connectivity index (χ3n) is 4.43. The zero-order chi connectivity index (χ0) is 19.1. The molecule has 0 saturated heterocycles. The minimum absolute atomic E-state index is 0.0640. The summed E-state index contributed by atoms with van der Waals surface area (Å²) in [6.45, 7) is 0. The normalized spacial score (nSPS) is 19.6. The molecule has 0 atom stereocenters. The van der Waals surface area contributed by atoms with Crippen molar-refractivity contribution in [2.45, 2.75) is 37.8 Å². The van der Waals surface area contributed by atoms with Crippen molar-refractivity contribution in [3.63, 3.8) is 0 Å². The highest BCUT2D eigenvalue weighted by Gasteiger charge is 2.23. The molecule has 142 valence electrons. The maximum atomic E-state index is 12.1. The van der Waals surface area contributed by atoms with Crippen LogP contribution in [0.3, 0.4) is 0 Å². The molecule has 1 heterocycles. The first-order valence-corrected chi connectivity index (χ1v) is 9.27. The van der Waals surface area contributed by atoms with Crippen molar-refractivity contribution in [1.82, 2.24) is 15.3 Å². The lowest BCUT2D eigenvalue weighted by Gasteiger charge is -2.28. The monoisotopic (exact) mass is 387 g/mol. The van der Waals surface area contributed by atoms with Crippen molar-refractivity contribution in [3.05, 3.63) is 53.3 Å². The van der Waals surface area contributed by atoms with E-state index in [2.05, 4.69) is 15.3 Å². The largest absolute Gasteiger partial charge is 0.497 e. The van der Waals surface area contributed by atoms with Crippen LogP contribution in [0.15, 0.2) is 42.7 Å². The predicted molar refractivity (Wildman–Crippen MR) is 104 cm³/mol. The Hall–Kier alpha value is -2.60. The molecule has 7 heteroatoms. The third kappa shape index (κ3) is 5.96. The molecule has 0 radical (unpaired) electrons. The van der Waals surface area contributed by atoms with Gasteiger partial charge in [0.15, 0.2) is 0 Å². The number of hydrogen-bond acceptors (Lipinski definition) is 5. The number of carbonyl (C=O) groups excluding carboxylic acids is 1. The van der Waals surface area contributed by atoms with Crippen molar-refractivity contribution >= 4 is 23.6 Å². The molecule has 6 nitrogen and oxygen atoms in total. The maximum absolute atomic E-state index is 12.1. The highest BCUT2D eigenvalue weighted by molar-refractivity contribution is 6.30. The molecule has 0 aliphatic heterocycles. The van der Waals surface area contributed by atoms with Gasteiger partial charge in [0, 0.05) is 12.1 Å². The summed E-state index contributed by atoms with van der Waals surface area (Å²) in [5, 5.41) is 3.53. The Bertz CT molecular complexity index is 770. The lowest BCUT2D eigenvalue weighted by Crippen LogP contribution is -2.39. The maximum Gasteiger partial charge on any atom is 0.316 e. The van der Waals surface area contributed by atoms with Crippen LogP contribution >= 0.6 is 11.6 Å². The molecular formula is C20H22ClN3O3. The van der Waals surface area contributed by atoms with E-state index in [1.165, 1.54) is 12.4 Å². The zero-order valence-electron chi connectivity index (χ0n) is 15.1. The van der Waals surface area contributed by atoms with Crippen LogP contribution in [-0.4, -0.2) is 35.1 Å². The molecule has 1 aromatic carbocycles. The van der Waals surface area contributed by atoms with Crippen molar-refractivity contribution in [2.24, 2.45) is 0 Å². The molecule has 1 N–H and O–H groups in total. The van der Waals surface area contributed by atoms with E-state index in [-0.39, 0.29) is 18.1 Å². The molecular weight excluding hydrogens is 366 g/mol. The van der Waals surface area contributed by atoms with Gasteiger partial charge in [0.25, 0.3) is 0 Å². The van der Waals surface area contributed by atoms with Gasteiger partial charge < -0.3 is 14.8 Å². The Labute approximate surface area is 163 Å². The van der Waals surface area contributed by atoms with Gasteiger partial charge in [0.05, 0.1) is 24.5 Å². The molecule has 1 aliphatic carbocycles. The Morgan fingerprint density at radius 3 is 2.44 bits per heavy atom. The van der Waals surface area contributed by atoms with Crippen molar-refractivity contribution in [1.29, 1.82) is 0 Å². The summed E-state index contributed by atoms with van der Waals surface area (Å²) < 4.78 is 10.9. The number of nitrogens with zero attached hydrogens (tertiary/aromatic N) is 2. The Morgan fingerprint density at radius 1 is 1.15 bits per heavy atom. The van der Waals surface area contributed by atoms with E-state index in [1.54, 1.807) is 19.3 Å². The van der Waals surface area contributed by atoms with E-state index < -0.39 is 0 Å². The van der Waals surface area contributed by atoms with Crippen LogP contribution in [0.5, 0.6) is 11.8 Å². The number of ether oxygens (including phenoxy) is 2. The molecule has 1 saturated carbocycles. The molecule has 1 amide bonds. The van der Waals surface area contributed by atoms with E-state index in [4.69, 9.17) is 21.1 Å². The van der Waals surface area contributed by atoms with Crippen molar-refractivity contribution < 1.29 is 14.3 Å². The fraction of sp³-hybridized carbons (Fsp3) is 0.350. The molecule has 3 rings (SSSR count). The summed E-state index contributed by atoms with van der Waals surface area (Å²) >= 11 is 5.77. The molecule has 0 spiro atoms. The molecule has 0 bridgehead atoms.